The Morgan fingerprint density at radius 3 is 2.31 bits per heavy atom. The van der Waals surface area contributed by atoms with E-state index in [1.807, 2.05) is 42.5 Å². The molecule has 0 saturated carbocycles. The molecule has 4 rings (SSSR count). The van der Waals surface area contributed by atoms with E-state index in [0.29, 0.717) is 39.0 Å². The number of ether oxygens (including phenoxy) is 1. The van der Waals surface area contributed by atoms with Gasteiger partial charge in [-0.25, -0.2) is 17.5 Å². The molecule has 2 saturated heterocycles. The van der Waals surface area contributed by atoms with Crippen molar-refractivity contribution in [3.63, 3.8) is 0 Å². The van der Waals surface area contributed by atoms with Crippen molar-refractivity contribution in [2.45, 2.75) is 43.5 Å². The lowest BCUT2D eigenvalue weighted by Crippen LogP contribution is -2.48. The maximum atomic E-state index is 13.2. The van der Waals surface area contributed by atoms with Crippen molar-refractivity contribution in [1.29, 1.82) is 0 Å². The van der Waals surface area contributed by atoms with Crippen molar-refractivity contribution < 1.29 is 17.9 Å². The number of carbonyl (C=O) groups excluding carboxylic acids is 1. The highest BCUT2D eigenvalue weighted by Gasteiger charge is 2.38. The van der Waals surface area contributed by atoms with Crippen LogP contribution in [-0.2, 0) is 21.4 Å². The molecule has 3 heterocycles. The van der Waals surface area contributed by atoms with Crippen molar-refractivity contribution in [2.24, 2.45) is 0 Å². The number of hydrogen-bond donors (Lipinski definition) is 0. The van der Waals surface area contributed by atoms with E-state index in [-0.39, 0.29) is 18.6 Å². The van der Waals surface area contributed by atoms with Gasteiger partial charge in [0, 0.05) is 48.5 Å². The summed E-state index contributed by atoms with van der Waals surface area (Å²) in [5.74, 6) is 0.288. The first-order valence-corrected chi connectivity index (χ1v) is 13.3. The molecule has 2 aliphatic heterocycles. The standard InChI is InChI=1S/C23H28BrN3O4S/c24-20-6-7-22(25-16-20)19-8-14-27(15-9-19)32(29,30)21-10-12-26(13-11-21)23(28)31-17-18-4-2-1-3-5-18/h1-7,16,19,21H,8-15,17H2. The molecular weight excluding hydrogens is 494 g/mol. The van der Waals surface area contributed by atoms with E-state index in [4.69, 9.17) is 4.74 Å². The van der Waals surface area contributed by atoms with Gasteiger partial charge in [-0.05, 0) is 59.3 Å². The first kappa shape index (κ1) is 23.2. The molecule has 2 aliphatic rings. The molecule has 1 amide bonds. The summed E-state index contributed by atoms with van der Waals surface area (Å²) in [6, 6.07) is 13.5. The van der Waals surface area contributed by atoms with Gasteiger partial charge in [-0.1, -0.05) is 30.3 Å². The molecular formula is C23H28BrN3O4S. The first-order chi connectivity index (χ1) is 15.4. The highest BCUT2D eigenvalue weighted by atomic mass is 79.9. The molecule has 172 valence electrons. The van der Waals surface area contributed by atoms with Gasteiger partial charge < -0.3 is 9.64 Å². The van der Waals surface area contributed by atoms with Gasteiger partial charge in [0.05, 0.1) is 5.25 Å². The molecule has 2 aromatic rings. The molecule has 32 heavy (non-hydrogen) atoms. The largest absolute Gasteiger partial charge is 0.445 e. The lowest BCUT2D eigenvalue weighted by atomic mass is 9.94. The number of carbonyl (C=O) groups is 1. The van der Waals surface area contributed by atoms with Crippen LogP contribution in [0.25, 0.3) is 0 Å². The number of nitrogens with zero attached hydrogens (tertiary/aromatic N) is 3. The fourth-order valence-electron chi connectivity index (χ4n) is 4.39. The third kappa shape index (κ3) is 5.50. The predicted molar refractivity (Wildman–Crippen MR) is 126 cm³/mol. The zero-order valence-electron chi connectivity index (χ0n) is 17.9. The minimum Gasteiger partial charge on any atom is -0.445 e. The number of hydrogen-bond acceptors (Lipinski definition) is 5. The quantitative estimate of drug-likeness (QED) is 0.590. The number of amides is 1. The maximum Gasteiger partial charge on any atom is 0.410 e. The number of likely N-dealkylation sites (tertiary alicyclic amines) is 1. The van der Waals surface area contributed by atoms with Crippen LogP contribution in [0.2, 0.25) is 0 Å². The molecule has 0 N–H and O–H groups in total. The van der Waals surface area contributed by atoms with Crippen molar-refractivity contribution in [2.75, 3.05) is 26.2 Å². The molecule has 0 spiro atoms. The number of aromatic nitrogens is 1. The Balaban J connectivity index is 1.25. The molecule has 0 bridgehead atoms. The Bertz CT molecular complexity index is 1000. The molecule has 9 heteroatoms. The van der Waals surface area contributed by atoms with E-state index in [0.717, 1.165) is 28.6 Å². The van der Waals surface area contributed by atoms with Gasteiger partial charge in [0.25, 0.3) is 0 Å². The third-order valence-corrected chi connectivity index (χ3v) is 9.18. The molecule has 0 aliphatic carbocycles. The Morgan fingerprint density at radius 1 is 1.00 bits per heavy atom. The van der Waals surface area contributed by atoms with Crippen LogP contribution in [-0.4, -0.2) is 60.1 Å². The number of pyridine rings is 1. The van der Waals surface area contributed by atoms with Crippen LogP contribution >= 0.6 is 15.9 Å². The molecule has 0 atom stereocenters. The Hall–Kier alpha value is -1.97. The summed E-state index contributed by atoms with van der Waals surface area (Å²) in [6.45, 7) is 2.06. The highest BCUT2D eigenvalue weighted by Crippen LogP contribution is 2.31. The third-order valence-electron chi connectivity index (χ3n) is 6.31. The minimum atomic E-state index is -3.38. The Labute approximate surface area is 197 Å². The molecule has 7 nitrogen and oxygen atoms in total. The Kier molecular flexibility index (Phi) is 7.48. The highest BCUT2D eigenvalue weighted by molar-refractivity contribution is 9.10. The molecule has 0 radical (unpaired) electrons. The number of benzene rings is 1. The number of halogens is 1. The zero-order valence-corrected chi connectivity index (χ0v) is 20.3. The summed E-state index contributed by atoms with van der Waals surface area (Å²) in [4.78, 5) is 18.4. The number of rotatable bonds is 5. The van der Waals surface area contributed by atoms with E-state index in [1.165, 1.54) is 0 Å². The van der Waals surface area contributed by atoms with Crippen molar-refractivity contribution in [3.8, 4) is 0 Å². The van der Waals surface area contributed by atoms with Gasteiger partial charge in [-0.3, -0.25) is 4.98 Å². The van der Waals surface area contributed by atoms with Crippen LogP contribution in [0.5, 0.6) is 0 Å². The van der Waals surface area contributed by atoms with Crippen molar-refractivity contribution >= 4 is 32.0 Å². The van der Waals surface area contributed by atoms with Crippen molar-refractivity contribution in [3.05, 3.63) is 64.4 Å². The summed E-state index contributed by atoms with van der Waals surface area (Å²) in [5, 5.41) is -0.442. The minimum absolute atomic E-state index is 0.222. The second-order valence-electron chi connectivity index (χ2n) is 8.35. The summed E-state index contributed by atoms with van der Waals surface area (Å²) >= 11 is 3.40. The molecule has 1 aromatic heterocycles. The van der Waals surface area contributed by atoms with E-state index < -0.39 is 15.3 Å². The lowest BCUT2D eigenvalue weighted by Gasteiger charge is -2.36. The first-order valence-electron chi connectivity index (χ1n) is 11.0. The second-order valence-corrected chi connectivity index (χ2v) is 11.5. The predicted octanol–water partition coefficient (Wildman–Crippen LogP) is 4.15. The van der Waals surface area contributed by atoms with Gasteiger partial charge >= 0.3 is 6.09 Å². The average molecular weight is 522 g/mol. The van der Waals surface area contributed by atoms with Gasteiger partial charge in [0.15, 0.2) is 0 Å². The van der Waals surface area contributed by atoms with E-state index in [1.54, 1.807) is 15.4 Å². The molecule has 0 unspecified atom stereocenters. The number of piperidine rings is 2. The van der Waals surface area contributed by atoms with Crippen molar-refractivity contribution in [1.82, 2.24) is 14.2 Å². The van der Waals surface area contributed by atoms with Gasteiger partial charge in [0.1, 0.15) is 6.61 Å². The topological polar surface area (TPSA) is 79.8 Å². The summed E-state index contributed by atoms with van der Waals surface area (Å²) < 4.78 is 34.3. The maximum absolute atomic E-state index is 13.2. The van der Waals surface area contributed by atoms with Gasteiger partial charge in [0.2, 0.25) is 10.0 Å². The normalized spacial score (nSPS) is 19.1. The monoisotopic (exact) mass is 521 g/mol. The molecule has 2 fully saturated rings. The van der Waals surface area contributed by atoms with E-state index >= 15 is 0 Å². The zero-order chi connectivity index (χ0) is 22.6. The van der Waals surface area contributed by atoms with Crippen LogP contribution in [0.3, 0.4) is 0 Å². The summed E-state index contributed by atoms with van der Waals surface area (Å²) in [5.41, 5.74) is 1.95. The number of sulfonamides is 1. The summed E-state index contributed by atoms with van der Waals surface area (Å²) in [6.07, 6.45) is 3.84. The molecule has 1 aromatic carbocycles. The second kappa shape index (κ2) is 10.3. The van der Waals surface area contributed by atoms with Crippen LogP contribution in [0, 0.1) is 0 Å². The fraction of sp³-hybridized carbons (Fsp3) is 0.478. The van der Waals surface area contributed by atoms with Crippen LogP contribution in [0.4, 0.5) is 4.79 Å². The van der Waals surface area contributed by atoms with Crippen LogP contribution in [0.1, 0.15) is 42.9 Å². The van der Waals surface area contributed by atoms with Gasteiger partial charge in [-0.2, -0.15) is 0 Å². The lowest BCUT2D eigenvalue weighted by molar-refractivity contribution is 0.0894. The van der Waals surface area contributed by atoms with Gasteiger partial charge in [-0.15, -0.1) is 0 Å². The smallest absolute Gasteiger partial charge is 0.410 e. The van der Waals surface area contributed by atoms with E-state index in [2.05, 4.69) is 20.9 Å². The average Bonchev–Trinajstić information content (AvgIpc) is 2.84. The van der Waals surface area contributed by atoms with Crippen LogP contribution < -0.4 is 0 Å². The SMILES string of the molecule is O=C(OCc1ccccc1)N1CCC(S(=O)(=O)N2CCC(c3ccc(Br)cn3)CC2)CC1. The van der Waals surface area contributed by atoms with Crippen LogP contribution in [0.15, 0.2) is 53.1 Å². The Morgan fingerprint density at radius 2 is 1.69 bits per heavy atom. The summed E-state index contributed by atoms with van der Waals surface area (Å²) in [7, 11) is -3.38. The fourth-order valence-corrected chi connectivity index (χ4v) is 6.57. The van der Waals surface area contributed by atoms with E-state index in [9.17, 15) is 13.2 Å².